The number of amides is 3. The Balaban J connectivity index is 0.873. The average molecular weight is 896 g/mol. The van der Waals surface area contributed by atoms with Crippen molar-refractivity contribution >= 4 is 40.2 Å². The van der Waals surface area contributed by atoms with Gasteiger partial charge in [-0.1, -0.05) is 144 Å². The molecule has 1 aliphatic rings. The molecule has 5 aromatic rings. The molecule has 0 aliphatic carbocycles. The zero-order chi connectivity index (χ0) is 46.2. The minimum Gasteiger partial charge on any atom is -0.492 e. The summed E-state index contributed by atoms with van der Waals surface area (Å²) in [5, 5.41) is 6.12. The maximum atomic E-state index is 14.0. The summed E-state index contributed by atoms with van der Waals surface area (Å²) >= 11 is 1.61. The molecule has 3 amide bonds. The molecule has 1 aliphatic heterocycles. The van der Waals surface area contributed by atoms with Gasteiger partial charge in [-0.25, -0.2) is 4.98 Å². The van der Waals surface area contributed by atoms with Crippen LogP contribution >= 0.6 is 11.3 Å². The summed E-state index contributed by atoms with van der Waals surface area (Å²) in [5.74, 6) is 0.411. The number of aryl methyl sites for hydroxylation is 1. The van der Waals surface area contributed by atoms with Crippen LogP contribution < -0.4 is 15.4 Å². The lowest BCUT2D eigenvalue weighted by molar-refractivity contribution is -0.143. The van der Waals surface area contributed by atoms with Crippen LogP contribution in [0.5, 0.6) is 5.75 Å². The molecule has 6 rings (SSSR count). The monoisotopic (exact) mass is 896 g/mol. The topological polar surface area (TPSA) is 104 Å². The lowest BCUT2D eigenvalue weighted by atomic mass is 9.85. The lowest BCUT2D eigenvalue weighted by Gasteiger charge is -2.35. The van der Waals surface area contributed by atoms with Crippen molar-refractivity contribution in [3.05, 3.63) is 143 Å². The van der Waals surface area contributed by atoms with E-state index in [0.29, 0.717) is 32.5 Å². The fraction of sp³-hybridized carbons (Fsp3) is 0.418. The van der Waals surface area contributed by atoms with Crippen molar-refractivity contribution in [3.8, 4) is 16.2 Å². The van der Waals surface area contributed by atoms with E-state index in [4.69, 9.17) is 4.74 Å². The number of likely N-dealkylation sites (tertiary alicyclic amines) is 1. The number of nitrogens with zero attached hydrogens (tertiary/aromatic N) is 3. The van der Waals surface area contributed by atoms with Gasteiger partial charge >= 0.3 is 0 Å². The van der Waals surface area contributed by atoms with Crippen molar-refractivity contribution in [2.75, 3.05) is 33.3 Å². The molecular formula is C55H69N5O4S. The number of aromatic nitrogens is 1. The normalized spacial score (nSPS) is 14.8. The second-order valence-corrected chi connectivity index (χ2v) is 19.2. The molecule has 2 heterocycles. The summed E-state index contributed by atoms with van der Waals surface area (Å²) in [6.07, 6.45) is 7.61. The molecule has 9 nitrogen and oxygen atoms in total. The summed E-state index contributed by atoms with van der Waals surface area (Å²) in [7, 11) is 2.14. The van der Waals surface area contributed by atoms with Gasteiger partial charge in [-0.15, -0.1) is 11.3 Å². The first kappa shape index (κ1) is 48.9. The van der Waals surface area contributed by atoms with Crippen molar-refractivity contribution in [1.29, 1.82) is 0 Å². The summed E-state index contributed by atoms with van der Waals surface area (Å²) in [4.78, 5) is 50.1. The van der Waals surface area contributed by atoms with Gasteiger partial charge < -0.3 is 25.2 Å². The highest BCUT2D eigenvalue weighted by molar-refractivity contribution is 7.13. The smallest absolute Gasteiger partial charge is 0.246 e. The number of hydrogen-bond acceptors (Lipinski definition) is 7. The van der Waals surface area contributed by atoms with Gasteiger partial charge in [0.2, 0.25) is 17.7 Å². The van der Waals surface area contributed by atoms with Crippen molar-refractivity contribution in [3.63, 3.8) is 0 Å². The van der Waals surface area contributed by atoms with Crippen LogP contribution in [0, 0.1) is 12.3 Å². The first-order valence-electron chi connectivity index (χ1n) is 23.6. The number of ether oxygens (including phenoxy) is 1. The van der Waals surface area contributed by atoms with E-state index in [2.05, 4.69) is 132 Å². The molecular weight excluding hydrogens is 827 g/mol. The molecule has 1 fully saturated rings. The summed E-state index contributed by atoms with van der Waals surface area (Å²) in [6.45, 7) is 13.4. The number of benzene rings is 4. The largest absolute Gasteiger partial charge is 0.492 e. The molecule has 2 unspecified atom stereocenters. The van der Waals surface area contributed by atoms with Gasteiger partial charge in [0.15, 0.2) is 0 Å². The van der Waals surface area contributed by atoms with Gasteiger partial charge in [0, 0.05) is 26.1 Å². The van der Waals surface area contributed by atoms with Crippen molar-refractivity contribution in [2.24, 2.45) is 5.41 Å². The van der Waals surface area contributed by atoms with Crippen LogP contribution in [0.2, 0.25) is 0 Å². The van der Waals surface area contributed by atoms with Crippen molar-refractivity contribution in [2.45, 2.75) is 111 Å². The molecule has 0 radical (unpaired) electrons. The first-order chi connectivity index (χ1) is 31.4. The fourth-order valence-corrected chi connectivity index (χ4v) is 9.45. The highest BCUT2D eigenvalue weighted by atomic mass is 32.1. The number of rotatable bonds is 22. The number of thiazole rings is 1. The van der Waals surface area contributed by atoms with E-state index < -0.39 is 17.5 Å². The summed E-state index contributed by atoms with van der Waals surface area (Å²) in [6, 6.07) is 36.7. The molecule has 1 saturated heterocycles. The predicted molar refractivity (Wildman–Crippen MR) is 266 cm³/mol. The molecule has 0 bridgehead atoms. The zero-order valence-electron chi connectivity index (χ0n) is 39.4. The minimum absolute atomic E-state index is 0.115. The van der Waals surface area contributed by atoms with Crippen LogP contribution in [0.15, 0.2) is 115 Å². The minimum atomic E-state index is -0.714. The van der Waals surface area contributed by atoms with Gasteiger partial charge in [0.25, 0.3) is 0 Å². The van der Waals surface area contributed by atoms with Crippen LogP contribution in [-0.2, 0) is 20.9 Å². The third-order valence-corrected chi connectivity index (χ3v) is 13.3. The Bertz CT molecular complexity index is 2300. The maximum absolute atomic E-state index is 14.0. The van der Waals surface area contributed by atoms with Gasteiger partial charge in [0.1, 0.15) is 24.4 Å². The van der Waals surface area contributed by atoms with Crippen LogP contribution in [0.3, 0.4) is 0 Å². The van der Waals surface area contributed by atoms with E-state index in [0.717, 1.165) is 85.5 Å². The summed E-state index contributed by atoms with van der Waals surface area (Å²) in [5.41, 5.74) is 10.6. The Morgan fingerprint density at radius 1 is 0.831 bits per heavy atom. The fourth-order valence-electron chi connectivity index (χ4n) is 8.64. The molecule has 0 saturated carbocycles. The number of carbonyl (C=O) groups is 3. The van der Waals surface area contributed by atoms with E-state index in [9.17, 15) is 14.4 Å². The molecule has 65 heavy (non-hydrogen) atoms. The Hall–Kier alpha value is -5.58. The number of likely N-dealkylation sites (N-methyl/N-ethyl adjacent to an activating group) is 1. The van der Waals surface area contributed by atoms with Gasteiger partial charge in [-0.2, -0.15) is 0 Å². The molecule has 344 valence electrons. The highest BCUT2D eigenvalue weighted by Crippen LogP contribution is 2.35. The second kappa shape index (κ2) is 24.1. The third kappa shape index (κ3) is 14.0. The molecule has 2 atom stereocenters. The second-order valence-electron chi connectivity index (χ2n) is 18.4. The number of unbranched alkanes of at least 4 members (excludes halogenated alkanes) is 4. The average Bonchev–Trinajstić information content (AvgIpc) is 3.99. The van der Waals surface area contributed by atoms with Crippen LogP contribution in [0.1, 0.15) is 113 Å². The Morgan fingerprint density at radius 2 is 1.48 bits per heavy atom. The van der Waals surface area contributed by atoms with Crippen molar-refractivity contribution < 1.29 is 19.1 Å². The Labute approximate surface area is 391 Å². The third-order valence-electron chi connectivity index (χ3n) is 12.4. The number of allylic oxidation sites excluding steroid dienone is 1. The SMILES string of the molecule is CC/C(=C(\c1ccccc1)c1ccc(OCCN(C)CCCCCCCC(=O)NC(C(=O)N2CCCC2C(=O)NCc2ccc(-c3scnc3C)cc2)C(C)(C)C)cc1)c1ccccc1. The van der Waals surface area contributed by atoms with Crippen LogP contribution in [0.25, 0.3) is 21.6 Å². The van der Waals surface area contributed by atoms with E-state index in [1.165, 1.54) is 27.8 Å². The van der Waals surface area contributed by atoms with E-state index in [1.54, 1.807) is 16.2 Å². The molecule has 2 N–H and O–H groups in total. The van der Waals surface area contributed by atoms with Gasteiger partial charge in [0.05, 0.1) is 16.1 Å². The Kier molecular flexibility index (Phi) is 18.1. The molecule has 10 heteroatoms. The first-order valence-corrected chi connectivity index (χ1v) is 24.4. The Morgan fingerprint density at radius 3 is 2.12 bits per heavy atom. The summed E-state index contributed by atoms with van der Waals surface area (Å²) < 4.78 is 6.18. The van der Waals surface area contributed by atoms with Crippen LogP contribution in [0.4, 0.5) is 0 Å². The zero-order valence-corrected chi connectivity index (χ0v) is 40.2. The van der Waals surface area contributed by atoms with Gasteiger partial charge in [-0.05, 0) is 109 Å². The maximum Gasteiger partial charge on any atom is 0.246 e. The molecule has 4 aromatic carbocycles. The van der Waals surface area contributed by atoms with Crippen molar-refractivity contribution in [1.82, 2.24) is 25.4 Å². The van der Waals surface area contributed by atoms with E-state index in [1.807, 2.05) is 45.3 Å². The molecule has 0 spiro atoms. The molecule has 1 aromatic heterocycles. The quantitative estimate of drug-likeness (QED) is 0.0530. The van der Waals surface area contributed by atoms with Gasteiger partial charge in [-0.3, -0.25) is 14.4 Å². The standard InChI is InChI=1S/C55H69N5O4S/c1-7-47(42-20-13-11-14-21-42)50(43-22-15-12-16-23-43)44-30-32-46(33-31-44)64-37-36-59(6)34-18-10-8-9-17-25-49(61)58-52(55(3,4)5)54(63)60-35-19-24-48(60)53(62)56-38-41-26-28-45(29-27-41)51-40(2)57-39-65-51/h11-16,20-23,26-33,39,48,52H,7-10,17-19,24-25,34-38H2,1-6H3,(H,56,62)(H,58,61)/b50-47-. The number of hydrogen-bond donors (Lipinski definition) is 2. The predicted octanol–water partition coefficient (Wildman–Crippen LogP) is 11.0. The van der Waals surface area contributed by atoms with E-state index in [-0.39, 0.29) is 17.7 Å². The van der Waals surface area contributed by atoms with E-state index >= 15 is 0 Å². The highest BCUT2D eigenvalue weighted by Gasteiger charge is 2.41. The van der Waals surface area contributed by atoms with Crippen LogP contribution in [-0.4, -0.2) is 77.9 Å². The lowest BCUT2D eigenvalue weighted by Crippen LogP contribution is -2.57. The number of carbonyl (C=O) groups excluding carboxylic acids is 3. The number of nitrogens with one attached hydrogen (secondary N) is 2.